The molecule has 2 aromatic rings. The molecule has 32 heavy (non-hydrogen) atoms. The number of hydrogen-bond donors (Lipinski definition) is 3. The Kier molecular flexibility index (Phi) is 7.23. The lowest BCUT2D eigenvalue weighted by molar-refractivity contribution is -0.114. The average Bonchev–Trinajstić information content (AvgIpc) is 2.79. The highest BCUT2D eigenvalue weighted by Gasteiger charge is 2.27. The predicted molar refractivity (Wildman–Crippen MR) is 116 cm³/mol. The van der Waals surface area contributed by atoms with Crippen molar-refractivity contribution >= 4 is 33.4 Å². The molecule has 0 unspecified atom stereocenters. The van der Waals surface area contributed by atoms with Gasteiger partial charge >= 0.3 is 0 Å². The van der Waals surface area contributed by atoms with Gasteiger partial charge in [-0.05, 0) is 42.8 Å². The first kappa shape index (κ1) is 23.4. The second kappa shape index (κ2) is 9.90. The third-order valence-electron chi connectivity index (χ3n) is 4.80. The van der Waals surface area contributed by atoms with Crippen LogP contribution in [0.3, 0.4) is 0 Å². The molecule has 0 spiro atoms. The van der Waals surface area contributed by atoms with Crippen LogP contribution in [0.5, 0.6) is 0 Å². The molecule has 1 aliphatic heterocycles. The summed E-state index contributed by atoms with van der Waals surface area (Å²) in [6.07, 6.45) is 0. The van der Waals surface area contributed by atoms with E-state index in [9.17, 15) is 22.8 Å². The Morgan fingerprint density at radius 1 is 0.938 bits per heavy atom. The molecule has 1 fully saturated rings. The van der Waals surface area contributed by atoms with Gasteiger partial charge in [-0.25, -0.2) is 8.42 Å². The number of aryl methyl sites for hydroxylation is 1. The zero-order valence-corrected chi connectivity index (χ0v) is 18.5. The number of nitrogens with one attached hydrogen (secondary N) is 3. The monoisotopic (exact) mass is 460 g/mol. The first-order chi connectivity index (χ1) is 15.2. The van der Waals surface area contributed by atoms with Gasteiger partial charge in [-0.1, -0.05) is 12.1 Å². The Hall–Kier alpha value is -3.28. The number of amides is 3. The highest BCUT2D eigenvalue weighted by Crippen LogP contribution is 2.19. The molecule has 1 saturated heterocycles. The summed E-state index contributed by atoms with van der Waals surface area (Å²) in [7, 11) is -3.76. The van der Waals surface area contributed by atoms with Gasteiger partial charge in [0.1, 0.15) is 0 Å². The first-order valence-corrected chi connectivity index (χ1v) is 11.3. The van der Waals surface area contributed by atoms with Gasteiger partial charge < -0.3 is 10.1 Å². The fourth-order valence-corrected chi connectivity index (χ4v) is 4.53. The van der Waals surface area contributed by atoms with Crippen molar-refractivity contribution in [2.75, 3.05) is 31.6 Å². The minimum absolute atomic E-state index is 0.0168. The van der Waals surface area contributed by atoms with E-state index >= 15 is 0 Å². The molecule has 3 rings (SSSR count). The summed E-state index contributed by atoms with van der Waals surface area (Å²) in [5, 5.41) is 2.63. The summed E-state index contributed by atoms with van der Waals surface area (Å²) in [5.41, 5.74) is 6.12. The maximum Gasteiger partial charge on any atom is 0.269 e. The predicted octanol–water partition coefficient (Wildman–Crippen LogP) is 1.05. The second-order valence-corrected chi connectivity index (χ2v) is 9.10. The third-order valence-corrected chi connectivity index (χ3v) is 6.70. The lowest BCUT2D eigenvalue weighted by Gasteiger charge is -2.26. The smallest absolute Gasteiger partial charge is 0.269 e. The Morgan fingerprint density at radius 3 is 2.19 bits per heavy atom. The van der Waals surface area contributed by atoms with Crippen LogP contribution in [0.1, 0.15) is 33.2 Å². The number of hydrogen-bond acceptors (Lipinski definition) is 6. The number of morpholine rings is 1. The number of anilines is 1. The van der Waals surface area contributed by atoms with E-state index in [4.69, 9.17) is 4.74 Å². The lowest BCUT2D eigenvalue weighted by Crippen LogP contribution is -2.42. The lowest BCUT2D eigenvalue weighted by atomic mass is 10.1. The number of carbonyl (C=O) groups is 3. The van der Waals surface area contributed by atoms with Gasteiger partial charge in [0.15, 0.2) is 0 Å². The molecule has 3 N–H and O–H groups in total. The quantitative estimate of drug-likeness (QED) is 0.571. The van der Waals surface area contributed by atoms with E-state index in [0.29, 0.717) is 18.9 Å². The largest absolute Gasteiger partial charge is 0.379 e. The fraction of sp³-hybridized carbons (Fsp3) is 0.286. The molecule has 3 amide bonds. The molecular formula is C21H24N4O6S. The molecule has 0 bridgehead atoms. The van der Waals surface area contributed by atoms with E-state index in [1.54, 1.807) is 19.1 Å². The standard InChI is InChI=1S/C21H24N4O6S/c1-14-6-7-17(13-19(14)22-15(2)26)21(28)24-23-20(27)16-4-3-5-18(12-16)32(29,30)25-8-10-31-11-9-25/h3-7,12-13H,8-11H2,1-2H3,(H,22,26)(H,23,27)(H,24,28). The van der Waals surface area contributed by atoms with Crippen molar-refractivity contribution in [1.82, 2.24) is 15.2 Å². The maximum atomic E-state index is 12.8. The number of ether oxygens (including phenoxy) is 1. The van der Waals surface area contributed by atoms with Crippen molar-refractivity contribution < 1.29 is 27.5 Å². The van der Waals surface area contributed by atoms with Gasteiger partial charge in [0.25, 0.3) is 11.8 Å². The summed E-state index contributed by atoms with van der Waals surface area (Å²) >= 11 is 0. The van der Waals surface area contributed by atoms with Gasteiger partial charge in [0, 0.05) is 36.8 Å². The molecular weight excluding hydrogens is 436 g/mol. The van der Waals surface area contributed by atoms with Crippen LogP contribution < -0.4 is 16.2 Å². The molecule has 10 nitrogen and oxygen atoms in total. The molecule has 0 atom stereocenters. The molecule has 0 aliphatic carbocycles. The Bertz CT molecular complexity index is 1140. The zero-order chi connectivity index (χ0) is 23.3. The van der Waals surface area contributed by atoms with Gasteiger partial charge in [-0.15, -0.1) is 0 Å². The molecule has 0 saturated carbocycles. The van der Waals surface area contributed by atoms with Crippen LogP contribution in [-0.4, -0.2) is 56.7 Å². The first-order valence-electron chi connectivity index (χ1n) is 9.85. The Balaban J connectivity index is 1.68. The number of rotatable bonds is 5. The van der Waals surface area contributed by atoms with E-state index in [1.807, 2.05) is 0 Å². The normalized spacial score (nSPS) is 14.4. The van der Waals surface area contributed by atoms with Gasteiger partial charge in [0.05, 0.1) is 18.1 Å². The van der Waals surface area contributed by atoms with Crippen molar-refractivity contribution in [1.29, 1.82) is 0 Å². The fourth-order valence-electron chi connectivity index (χ4n) is 3.08. The van der Waals surface area contributed by atoms with E-state index in [1.165, 1.54) is 41.6 Å². The van der Waals surface area contributed by atoms with Gasteiger partial charge in [-0.3, -0.25) is 25.2 Å². The molecule has 1 aliphatic rings. The molecule has 1 heterocycles. The minimum atomic E-state index is -3.76. The third kappa shape index (κ3) is 5.49. The van der Waals surface area contributed by atoms with E-state index < -0.39 is 21.8 Å². The number of carbonyl (C=O) groups excluding carboxylic acids is 3. The van der Waals surface area contributed by atoms with E-state index in [-0.39, 0.29) is 35.0 Å². The summed E-state index contributed by atoms with van der Waals surface area (Å²) in [6.45, 7) is 4.26. The molecule has 0 aromatic heterocycles. The SMILES string of the molecule is CC(=O)Nc1cc(C(=O)NNC(=O)c2cccc(S(=O)(=O)N3CCOCC3)c2)ccc1C. The summed E-state index contributed by atoms with van der Waals surface area (Å²) < 4.78 is 32.1. The van der Waals surface area contributed by atoms with Crippen LogP contribution in [0.2, 0.25) is 0 Å². The maximum absolute atomic E-state index is 12.8. The second-order valence-electron chi connectivity index (χ2n) is 7.16. The van der Waals surface area contributed by atoms with Crippen molar-refractivity contribution in [2.24, 2.45) is 0 Å². The van der Waals surface area contributed by atoms with Crippen LogP contribution in [0.4, 0.5) is 5.69 Å². The summed E-state index contributed by atoms with van der Waals surface area (Å²) in [6, 6.07) is 10.3. The number of nitrogens with zero attached hydrogens (tertiary/aromatic N) is 1. The van der Waals surface area contributed by atoms with Crippen LogP contribution in [0.25, 0.3) is 0 Å². The van der Waals surface area contributed by atoms with Crippen LogP contribution in [0.15, 0.2) is 47.4 Å². The Morgan fingerprint density at radius 2 is 1.56 bits per heavy atom. The van der Waals surface area contributed by atoms with Gasteiger partial charge in [-0.2, -0.15) is 4.31 Å². The van der Waals surface area contributed by atoms with E-state index in [2.05, 4.69) is 16.2 Å². The Labute approximate surface area is 186 Å². The zero-order valence-electron chi connectivity index (χ0n) is 17.7. The van der Waals surface area contributed by atoms with Crippen molar-refractivity contribution in [2.45, 2.75) is 18.7 Å². The number of hydrazine groups is 1. The van der Waals surface area contributed by atoms with Crippen molar-refractivity contribution in [3.05, 3.63) is 59.2 Å². The van der Waals surface area contributed by atoms with Crippen LogP contribution in [0, 0.1) is 6.92 Å². The van der Waals surface area contributed by atoms with Crippen LogP contribution >= 0.6 is 0 Å². The topological polar surface area (TPSA) is 134 Å². The van der Waals surface area contributed by atoms with Crippen LogP contribution in [-0.2, 0) is 19.6 Å². The average molecular weight is 461 g/mol. The summed E-state index contributed by atoms with van der Waals surface area (Å²) in [4.78, 5) is 36.2. The molecule has 2 aromatic carbocycles. The number of sulfonamides is 1. The number of benzene rings is 2. The van der Waals surface area contributed by atoms with Crippen molar-refractivity contribution in [3.8, 4) is 0 Å². The highest BCUT2D eigenvalue weighted by atomic mass is 32.2. The minimum Gasteiger partial charge on any atom is -0.379 e. The van der Waals surface area contributed by atoms with Crippen molar-refractivity contribution in [3.63, 3.8) is 0 Å². The molecule has 170 valence electrons. The van der Waals surface area contributed by atoms with E-state index in [0.717, 1.165) is 5.56 Å². The van der Waals surface area contributed by atoms with Gasteiger partial charge in [0.2, 0.25) is 15.9 Å². The highest BCUT2D eigenvalue weighted by molar-refractivity contribution is 7.89. The molecule has 0 radical (unpaired) electrons. The molecule has 11 heteroatoms. The summed E-state index contributed by atoms with van der Waals surface area (Å²) in [5.74, 6) is -1.54.